The molecular weight excluding hydrogens is 240 g/mol. The molecule has 19 heavy (non-hydrogen) atoms. The lowest BCUT2D eigenvalue weighted by Crippen LogP contribution is -2.25. The van der Waals surface area contributed by atoms with Crippen molar-refractivity contribution in [1.29, 1.82) is 0 Å². The fourth-order valence-corrected chi connectivity index (χ4v) is 1.68. The Kier molecular flexibility index (Phi) is 3.97. The summed E-state index contributed by atoms with van der Waals surface area (Å²) in [6.45, 7) is 1.96. The van der Waals surface area contributed by atoms with E-state index in [4.69, 9.17) is 0 Å². The first-order chi connectivity index (χ1) is 9.06. The molecule has 0 aliphatic carbocycles. The quantitative estimate of drug-likeness (QED) is 0.846. The molecule has 0 saturated carbocycles. The molecule has 1 atom stereocenters. The summed E-state index contributed by atoms with van der Waals surface area (Å²) in [6.07, 6.45) is 4.78. The molecule has 0 saturated heterocycles. The zero-order chi connectivity index (χ0) is 13.8. The van der Waals surface area contributed by atoms with E-state index in [0.717, 1.165) is 22.0 Å². The van der Waals surface area contributed by atoms with Gasteiger partial charge >= 0.3 is 0 Å². The number of hydroxylamine groups is 2. The van der Waals surface area contributed by atoms with Crippen LogP contribution in [0.1, 0.15) is 6.92 Å². The van der Waals surface area contributed by atoms with E-state index in [1.54, 1.807) is 6.20 Å². The second-order valence-corrected chi connectivity index (χ2v) is 4.65. The minimum absolute atomic E-state index is 0.460. The molecule has 1 aliphatic rings. The molecule has 1 aromatic rings. The molecule has 0 amide bonds. The van der Waals surface area contributed by atoms with Gasteiger partial charge in [0.15, 0.2) is 6.17 Å². The van der Waals surface area contributed by atoms with Gasteiger partial charge in [-0.2, -0.15) is 10.2 Å². The van der Waals surface area contributed by atoms with Crippen LogP contribution in [0.15, 0.2) is 58.4 Å². The minimum atomic E-state index is -0.460. The van der Waals surface area contributed by atoms with Gasteiger partial charge in [-0.25, -0.2) is 5.06 Å². The maximum absolute atomic E-state index is 9.62. The molecule has 0 radical (unpaired) electrons. The van der Waals surface area contributed by atoms with E-state index in [-0.39, 0.29) is 0 Å². The van der Waals surface area contributed by atoms with Crippen molar-refractivity contribution in [3.8, 4) is 0 Å². The highest BCUT2D eigenvalue weighted by Crippen LogP contribution is 2.20. The standard InChI is InChI=1S/C14H18N4O/c1-11-8-9-18(19)14(10-11)16-15-12-4-6-13(7-5-12)17(2)3/h4-10,14,19H,1-3H3. The van der Waals surface area contributed by atoms with Gasteiger partial charge in [0.25, 0.3) is 0 Å². The lowest BCUT2D eigenvalue weighted by Gasteiger charge is -2.20. The Balaban J connectivity index is 2.08. The first kappa shape index (κ1) is 13.3. The van der Waals surface area contributed by atoms with Gasteiger partial charge in [0.2, 0.25) is 0 Å². The van der Waals surface area contributed by atoms with Gasteiger partial charge < -0.3 is 4.90 Å². The zero-order valence-corrected chi connectivity index (χ0v) is 11.4. The fourth-order valence-electron chi connectivity index (χ4n) is 1.68. The summed E-state index contributed by atoms with van der Waals surface area (Å²) in [7, 11) is 3.98. The number of benzene rings is 1. The molecule has 100 valence electrons. The van der Waals surface area contributed by atoms with Crippen LogP contribution in [0.25, 0.3) is 0 Å². The molecule has 5 nitrogen and oxygen atoms in total. The Bertz CT molecular complexity index is 517. The number of hydrogen-bond donors (Lipinski definition) is 1. The van der Waals surface area contributed by atoms with Gasteiger partial charge in [-0.05, 0) is 48.9 Å². The van der Waals surface area contributed by atoms with Crippen LogP contribution in [-0.2, 0) is 0 Å². The van der Waals surface area contributed by atoms with Crippen molar-refractivity contribution in [2.45, 2.75) is 13.1 Å². The molecule has 0 fully saturated rings. The van der Waals surface area contributed by atoms with E-state index in [2.05, 4.69) is 10.2 Å². The molecule has 2 rings (SSSR count). The van der Waals surface area contributed by atoms with Crippen LogP contribution < -0.4 is 4.90 Å². The Labute approximate surface area is 113 Å². The lowest BCUT2D eigenvalue weighted by molar-refractivity contribution is -0.0651. The van der Waals surface area contributed by atoms with Crippen molar-refractivity contribution < 1.29 is 5.21 Å². The van der Waals surface area contributed by atoms with Crippen molar-refractivity contribution in [3.05, 3.63) is 48.2 Å². The number of rotatable bonds is 3. The van der Waals surface area contributed by atoms with Crippen LogP contribution in [0.4, 0.5) is 11.4 Å². The van der Waals surface area contributed by atoms with Gasteiger partial charge in [-0.1, -0.05) is 0 Å². The molecule has 0 bridgehead atoms. The second kappa shape index (κ2) is 5.67. The lowest BCUT2D eigenvalue weighted by atomic mass is 10.2. The smallest absolute Gasteiger partial charge is 0.184 e. The summed E-state index contributed by atoms with van der Waals surface area (Å²) >= 11 is 0. The van der Waals surface area contributed by atoms with Gasteiger partial charge in [0.05, 0.1) is 5.69 Å². The molecular formula is C14H18N4O. The van der Waals surface area contributed by atoms with Crippen LogP contribution in [0.2, 0.25) is 0 Å². The van der Waals surface area contributed by atoms with E-state index >= 15 is 0 Å². The number of nitrogens with zero attached hydrogens (tertiary/aromatic N) is 4. The van der Waals surface area contributed by atoms with Gasteiger partial charge in [-0.15, -0.1) is 0 Å². The molecule has 1 aromatic carbocycles. The number of hydrogen-bond acceptors (Lipinski definition) is 5. The third kappa shape index (κ3) is 3.42. The molecule has 1 aliphatic heterocycles. The van der Waals surface area contributed by atoms with Crippen LogP contribution in [0, 0.1) is 0 Å². The SMILES string of the molecule is CC1=CC(N=Nc2ccc(N(C)C)cc2)N(O)C=C1. The van der Waals surface area contributed by atoms with Gasteiger partial charge in [0.1, 0.15) is 0 Å². The first-order valence-electron chi connectivity index (χ1n) is 6.08. The zero-order valence-electron chi connectivity index (χ0n) is 11.4. The van der Waals surface area contributed by atoms with E-state index in [1.807, 2.05) is 62.3 Å². The first-order valence-corrected chi connectivity index (χ1v) is 6.08. The predicted octanol–water partition coefficient (Wildman–Crippen LogP) is 3.33. The summed E-state index contributed by atoms with van der Waals surface area (Å²) < 4.78 is 0. The van der Waals surface area contributed by atoms with Crippen LogP contribution in [-0.4, -0.2) is 30.5 Å². The van der Waals surface area contributed by atoms with Crippen molar-refractivity contribution >= 4 is 11.4 Å². The summed E-state index contributed by atoms with van der Waals surface area (Å²) in [5.41, 5.74) is 2.93. The summed E-state index contributed by atoms with van der Waals surface area (Å²) in [5, 5.41) is 18.9. The van der Waals surface area contributed by atoms with Crippen molar-refractivity contribution in [2.75, 3.05) is 19.0 Å². The van der Waals surface area contributed by atoms with Crippen molar-refractivity contribution in [1.82, 2.24) is 5.06 Å². The van der Waals surface area contributed by atoms with E-state index in [1.165, 1.54) is 0 Å². The monoisotopic (exact) mass is 258 g/mol. The fraction of sp³-hybridized carbons (Fsp3) is 0.286. The maximum Gasteiger partial charge on any atom is 0.184 e. The Morgan fingerprint density at radius 2 is 1.89 bits per heavy atom. The topological polar surface area (TPSA) is 51.4 Å². The van der Waals surface area contributed by atoms with Crippen LogP contribution in [0.5, 0.6) is 0 Å². The average Bonchev–Trinajstić information content (AvgIpc) is 2.40. The Hall–Kier alpha value is -2.14. The molecule has 5 heteroatoms. The summed E-state index contributed by atoms with van der Waals surface area (Å²) in [4.78, 5) is 2.02. The molecule has 1 heterocycles. The Morgan fingerprint density at radius 1 is 1.21 bits per heavy atom. The minimum Gasteiger partial charge on any atom is -0.378 e. The number of azo groups is 1. The highest BCUT2D eigenvalue weighted by atomic mass is 16.5. The molecule has 0 aromatic heterocycles. The maximum atomic E-state index is 9.62. The highest BCUT2D eigenvalue weighted by Gasteiger charge is 2.12. The normalized spacial score (nSPS) is 18.8. The predicted molar refractivity (Wildman–Crippen MR) is 75.6 cm³/mol. The van der Waals surface area contributed by atoms with E-state index < -0.39 is 6.17 Å². The van der Waals surface area contributed by atoms with Gasteiger partial charge in [-0.3, -0.25) is 5.21 Å². The average molecular weight is 258 g/mol. The largest absolute Gasteiger partial charge is 0.378 e. The molecule has 1 N–H and O–H groups in total. The van der Waals surface area contributed by atoms with Crippen molar-refractivity contribution in [2.24, 2.45) is 10.2 Å². The van der Waals surface area contributed by atoms with E-state index in [9.17, 15) is 5.21 Å². The van der Waals surface area contributed by atoms with Crippen LogP contribution in [0.3, 0.4) is 0 Å². The summed E-state index contributed by atoms with van der Waals surface area (Å²) in [5.74, 6) is 0. The number of anilines is 1. The van der Waals surface area contributed by atoms with Crippen LogP contribution >= 0.6 is 0 Å². The van der Waals surface area contributed by atoms with Crippen molar-refractivity contribution in [3.63, 3.8) is 0 Å². The highest BCUT2D eigenvalue weighted by molar-refractivity contribution is 5.51. The molecule has 0 spiro atoms. The third-order valence-corrected chi connectivity index (χ3v) is 2.83. The van der Waals surface area contributed by atoms with E-state index in [0.29, 0.717) is 0 Å². The molecule has 1 unspecified atom stereocenters. The van der Waals surface area contributed by atoms with Gasteiger partial charge in [0, 0.05) is 26.0 Å². The third-order valence-electron chi connectivity index (χ3n) is 2.83. The number of allylic oxidation sites excluding steroid dienone is 2. The second-order valence-electron chi connectivity index (χ2n) is 4.65. The summed E-state index contributed by atoms with van der Waals surface area (Å²) in [6, 6.07) is 7.76. The Morgan fingerprint density at radius 3 is 2.53 bits per heavy atom.